The van der Waals surface area contributed by atoms with Crippen molar-refractivity contribution in [3.05, 3.63) is 0 Å². The Labute approximate surface area is 115 Å². The fraction of sp³-hybridized carbons (Fsp3) is 0.727. The number of hydrogen-bond acceptors (Lipinski definition) is 6. The van der Waals surface area contributed by atoms with Crippen LogP contribution in [0.4, 0.5) is 4.79 Å². The van der Waals surface area contributed by atoms with Gasteiger partial charge in [-0.1, -0.05) is 0 Å². The average Bonchev–Trinajstić information content (AvgIpc) is 2.80. The second-order valence-electron chi connectivity index (χ2n) is 4.90. The first-order chi connectivity index (χ1) is 8.83. The third kappa shape index (κ3) is 2.03. The number of nitrogens with one attached hydrogen (secondary N) is 1. The number of nitrogens with zero attached hydrogens (tertiary/aromatic N) is 1. The maximum atomic E-state index is 12.0. The summed E-state index contributed by atoms with van der Waals surface area (Å²) in [6, 6.07) is -1.94. The predicted molar refractivity (Wildman–Crippen MR) is 67.4 cm³/mol. The Morgan fingerprint density at radius 3 is 2.37 bits per heavy atom. The van der Waals surface area contributed by atoms with Crippen LogP contribution in [0.15, 0.2) is 0 Å². The van der Waals surface area contributed by atoms with Crippen molar-refractivity contribution in [3.8, 4) is 0 Å². The molecule has 0 aromatic carbocycles. The lowest BCUT2D eigenvalue weighted by molar-refractivity contribution is -0.147. The van der Waals surface area contributed by atoms with Crippen molar-refractivity contribution in [2.24, 2.45) is 0 Å². The molecule has 2 fully saturated rings. The van der Waals surface area contributed by atoms with Crippen LogP contribution in [0.3, 0.4) is 0 Å². The molecule has 0 bridgehead atoms. The Bertz CT molecular complexity index is 439. The van der Waals surface area contributed by atoms with Crippen molar-refractivity contribution in [1.29, 1.82) is 0 Å². The minimum atomic E-state index is -0.767. The van der Waals surface area contributed by atoms with Gasteiger partial charge in [-0.25, -0.2) is 14.4 Å². The van der Waals surface area contributed by atoms with Gasteiger partial charge in [-0.2, -0.15) is 0 Å². The molecule has 0 aliphatic carbocycles. The van der Waals surface area contributed by atoms with Gasteiger partial charge < -0.3 is 14.8 Å². The van der Waals surface area contributed by atoms with Gasteiger partial charge in [-0.15, -0.1) is 11.8 Å². The van der Waals surface area contributed by atoms with Crippen molar-refractivity contribution in [1.82, 2.24) is 10.2 Å². The Kier molecular flexibility index (Phi) is 3.38. The topological polar surface area (TPSA) is 84.9 Å². The van der Waals surface area contributed by atoms with Crippen LogP contribution in [0.5, 0.6) is 0 Å². The fourth-order valence-corrected chi connectivity index (χ4v) is 4.07. The third-order valence-corrected chi connectivity index (χ3v) is 4.89. The van der Waals surface area contributed by atoms with E-state index in [9.17, 15) is 14.4 Å². The predicted octanol–water partition coefficient (Wildman–Crippen LogP) is -0.0537. The largest absolute Gasteiger partial charge is 0.467 e. The molecule has 0 saturated carbocycles. The van der Waals surface area contributed by atoms with Crippen molar-refractivity contribution in [2.75, 3.05) is 14.2 Å². The number of rotatable bonds is 2. The zero-order valence-corrected chi connectivity index (χ0v) is 11.9. The molecule has 1 N–H and O–H groups in total. The van der Waals surface area contributed by atoms with Crippen LogP contribution in [-0.2, 0) is 19.1 Å². The molecule has 0 unspecified atom stereocenters. The van der Waals surface area contributed by atoms with Gasteiger partial charge in [0.25, 0.3) is 0 Å². The van der Waals surface area contributed by atoms with E-state index in [-0.39, 0.29) is 0 Å². The molecule has 2 heterocycles. The van der Waals surface area contributed by atoms with Crippen molar-refractivity contribution in [3.63, 3.8) is 0 Å². The van der Waals surface area contributed by atoms with Crippen LogP contribution in [0.2, 0.25) is 0 Å². The summed E-state index contributed by atoms with van der Waals surface area (Å²) >= 11 is 1.39. The second-order valence-corrected chi connectivity index (χ2v) is 6.67. The molecule has 0 aromatic rings. The normalized spacial score (nSPS) is 31.7. The SMILES string of the molecule is COC(=O)[C@H]1NC(=O)N2[C@@H]1SC(C)(C)[C@@H]2C(=O)OC. The van der Waals surface area contributed by atoms with Crippen molar-refractivity contribution >= 4 is 29.7 Å². The second kappa shape index (κ2) is 4.59. The first kappa shape index (κ1) is 14.0. The number of ether oxygens (including phenoxy) is 2. The molecule has 0 spiro atoms. The molecule has 2 aliphatic rings. The zero-order chi connectivity index (χ0) is 14.4. The molecule has 8 heteroatoms. The van der Waals surface area contributed by atoms with Crippen LogP contribution in [0.1, 0.15) is 13.8 Å². The van der Waals surface area contributed by atoms with Gasteiger partial charge in [0.05, 0.1) is 14.2 Å². The standard InChI is InChI=1S/C11H16N2O5S/c1-11(2)6(9(15)18-4)13-7(19-11)5(8(14)17-3)12-10(13)16/h5-7H,1-4H3,(H,12,16)/t5-,6-,7+/m0/s1. The van der Waals surface area contributed by atoms with Crippen LogP contribution in [-0.4, -0.2) is 59.3 Å². The molecule has 19 heavy (non-hydrogen) atoms. The smallest absolute Gasteiger partial charge is 0.331 e. The van der Waals surface area contributed by atoms with E-state index in [2.05, 4.69) is 10.1 Å². The minimum absolute atomic E-state index is 0.450. The minimum Gasteiger partial charge on any atom is -0.467 e. The molecular formula is C11H16N2O5S. The van der Waals surface area contributed by atoms with E-state index in [1.165, 1.54) is 30.9 Å². The molecule has 3 atom stereocenters. The van der Waals surface area contributed by atoms with E-state index < -0.39 is 40.2 Å². The van der Waals surface area contributed by atoms with Crippen LogP contribution >= 0.6 is 11.8 Å². The zero-order valence-electron chi connectivity index (χ0n) is 11.1. The summed E-state index contributed by atoms with van der Waals surface area (Å²) in [5.74, 6) is -1.00. The van der Waals surface area contributed by atoms with E-state index in [0.717, 1.165) is 0 Å². The van der Waals surface area contributed by atoms with Crippen molar-refractivity contribution < 1.29 is 23.9 Å². The fourth-order valence-electron chi connectivity index (χ4n) is 2.47. The number of thioether (sulfide) groups is 1. The number of methoxy groups -OCH3 is 2. The maximum Gasteiger partial charge on any atom is 0.331 e. The number of fused-ring (bicyclic) bond motifs is 1. The van der Waals surface area contributed by atoms with E-state index in [4.69, 9.17) is 4.74 Å². The van der Waals surface area contributed by atoms with Crippen LogP contribution in [0, 0.1) is 0 Å². The molecule has 106 valence electrons. The molecule has 2 aliphatic heterocycles. The van der Waals surface area contributed by atoms with E-state index >= 15 is 0 Å². The van der Waals surface area contributed by atoms with Gasteiger partial charge in [-0.3, -0.25) is 4.90 Å². The van der Waals surface area contributed by atoms with E-state index in [1.54, 1.807) is 0 Å². The molecule has 0 radical (unpaired) electrons. The van der Waals surface area contributed by atoms with Gasteiger partial charge in [-0.05, 0) is 13.8 Å². The molecule has 2 rings (SSSR count). The summed E-state index contributed by atoms with van der Waals surface area (Å²) in [6.45, 7) is 3.69. The monoisotopic (exact) mass is 288 g/mol. The quantitative estimate of drug-likeness (QED) is 0.717. The van der Waals surface area contributed by atoms with Gasteiger partial charge in [0.2, 0.25) is 0 Å². The number of carbonyl (C=O) groups excluding carboxylic acids is 3. The lowest BCUT2D eigenvalue weighted by Crippen LogP contribution is -2.49. The number of hydrogen-bond donors (Lipinski definition) is 1. The molecule has 2 saturated heterocycles. The molecule has 2 amide bonds. The molecule has 7 nitrogen and oxygen atoms in total. The summed E-state index contributed by atoms with van der Waals surface area (Å²) < 4.78 is 8.90. The highest BCUT2D eigenvalue weighted by Gasteiger charge is 2.61. The summed E-state index contributed by atoms with van der Waals surface area (Å²) in [7, 11) is 2.54. The first-order valence-electron chi connectivity index (χ1n) is 5.75. The number of amides is 2. The highest BCUT2D eigenvalue weighted by atomic mass is 32.2. The van der Waals surface area contributed by atoms with Crippen LogP contribution in [0.25, 0.3) is 0 Å². The highest BCUT2D eigenvalue weighted by Crippen LogP contribution is 2.48. The first-order valence-corrected chi connectivity index (χ1v) is 6.63. The highest BCUT2D eigenvalue weighted by molar-refractivity contribution is 8.01. The van der Waals surface area contributed by atoms with Gasteiger partial charge >= 0.3 is 18.0 Å². The summed E-state index contributed by atoms with van der Waals surface area (Å²) in [5, 5.41) is 2.08. The maximum absolute atomic E-state index is 12.0. The molecular weight excluding hydrogens is 272 g/mol. The average molecular weight is 288 g/mol. The summed E-state index contributed by atoms with van der Waals surface area (Å²) in [5.41, 5.74) is 0. The number of urea groups is 1. The molecule has 0 aromatic heterocycles. The number of esters is 2. The van der Waals surface area contributed by atoms with E-state index in [0.29, 0.717) is 0 Å². The Morgan fingerprint density at radius 2 is 1.84 bits per heavy atom. The summed E-state index contributed by atoms with van der Waals surface area (Å²) in [4.78, 5) is 36.9. The van der Waals surface area contributed by atoms with E-state index in [1.807, 2.05) is 13.8 Å². The lowest BCUT2D eigenvalue weighted by Gasteiger charge is -2.27. The summed E-state index contributed by atoms with van der Waals surface area (Å²) in [6.07, 6.45) is 0. The number of carbonyl (C=O) groups is 3. The van der Waals surface area contributed by atoms with Gasteiger partial charge in [0.15, 0.2) is 6.04 Å². The Hall–Kier alpha value is -1.44. The third-order valence-electron chi connectivity index (χ3n) is 3.31. The van der Waals surface area contributed by atoms with Crippen molar-refractivity contribution in [2.45, 2.75) is 36.1 Å². The van der Waals surface area contributed by atoms with Crippen LogP contribution < -0.4 is 5.32 Å². The van der Waals surface area contributed by atoms with Gasteiger partial charge in [0.1, 0.15) is 11.4 Å². The Morgan fingerprint density at radius 1 is 1.26 bits per heavy atom. The van der Waals surface area contributed by atoms with Gasteiger partial charge in [0, 0.05) is 4.75 Å². The Balaban J connectivity index is 2.34. The lowest BCUT2D eigenvalue weighted by atomic mass is 10.0.